The molecule has 5 nitrogen and oxygen atoms in total. The fourth-order valence-electron chi connectivity index (χ4n) is 1.84. The molecule has 0 saturated carbocycles. The van der Waals surface area contributed by atoms with E-state index in [1.54, 1.807) is 17.6 Å². The normalized spacial score (nSPS) is 11.6. The monoisotopic (exact) mass is 306 g/mol. The Morgan fingerprint density at radius 3 is 2.95 bits per heavy atom. The molecule has 21 heavy (non-hydrogen) atoms. The average molecular weight is 306 g/mol. The molecule has 0 amide bonds. The van der Waals surface area contributed by atoms with Crippen LogP contribution in [0.3, 0.4) is 0 Å². The quantitative estimate of drug-likeness (QED) is 0.610. The van der Waals surface area contributed by atoms with Crippen LogP contribution in [0.5, 0.6) is 0 Å². The van der Waals surface area contributed by atoms with Crippen LogP contribution in [0.25, 0.3) is 0 Å². The van der Waals surface area contributed by atoms with E-state index in [2.05, 4.69) is 39.8 Å². The number of thiazole rings is 1. The van der Waals surface area contributed by atoms with Gasteiger partial charge in [0.2, 0.25) is 0 Å². The lowest BCUT2D eigenvalue weighted by atomic mass is 10.3. The van der Waals surface area contributed by atoms with Crippen molar-refractivity contribution in [1.29, 1.82) is 0 Å². The maximum Gasteiger partial charge on any atom is 0.191 e. The first-order valence-electron chi connectivity index (χ1n) is 7.29. The van der Waals surface area contributed by atoms with Crippen LogP contribution in [0.4, 0.5) is 0 Å². The maximum atomic E-state index is 5.28. The van der Waals surface area contributed by atoms with Gasteiger partial charge in [-0.2, -0.15) is 0 Å². The summed E-state index contributed by atoms with van der Waals surface area (Å²) in [7, 11) is 0. The van der Waals surface area contributed by atoms with E-state index < -0.39 is 0 Å². The van der Waals surface area contributed by atoms with Crippen molar-refractivity contribution in [3.8, 4) is 0 Å². The topological polar surface area (TPSA) is 62.5 Å². The first kappa shape index (κ1) is 15.6. The van der Waals surface area contributed by atoms with Crippen LogP contribution in [0.1, 0.15) is 30.3 Å². The first-order chi connectivity index (χ1) is 10.3. The van der Waals surface area contributed by atoms with Crippen LogP contribution in [-0.2, 0) is 19.4 Å². The molecule has 2 aromatic heterocycles. The second kappa shape index (κ2) is 8.46. The van der Waals surface area contributed by atoms with Gasteiger partial charge in [0, 0.05) is 24.9 Å². The van der Waals surface area contributed by atoms with Gasteiger partial charge in [0.15, 0.2) is 5.96 Å². The van der Waals surface area contributed by atoms with Crippen molar-refractivity contribution in [3.63, 3.8) is 0 Å². The fraction of sp³-hybridized carbons (Fsp3) is 0.467. The Bertz CT molecular complexity index is 548. The van der Waals surface area contributed by atoms with Gasteiger partial charge in [0.25, 0.3) is 0 Å². The van der Waals surface area contributed by atoms with Crippen LogP contribution >= 0.6 is 11.3 Å². The SMILES string of the molecule is CCNC(=NCc1ccco1)NCCc1csc(CC)n1. The van der Waals surface area contributed by atoms with E-state index >= 15 is 0 Å². The maximum absolute atomic E-state index is 5.28. The van der Waals surface area contributed by atoms with Gasteiger partial charge in [-0.3, -0.25) is 0 Å². The van der Waals surface area contributed by atoms with Crippen LogP contribution < -0.4 is 10.6 Å². The summed E-state index contributed by atoms with van der Waals surface area (Å²) in [5, 5.41) is 9.88. The molecule has 0 bridgehead atoms. The highest BCUT2D eigenvalue weighted by molar-refractivity contribution is 7.09. The Labute approximate surface area is 129 Å². The molecular weight excluding hydrogens is 284 g/mol. The Kier molecular flexibility index (Phi) is 6.27. The highest BCUT2D eigenvalue weighted by Gasteiger charge is 2.02. The molecule has 2 heterocycles. The predicted octanol–water partition coefficient (Wildman–Crippen LogP) is 2.60. The number of furan rings is 1. The van der Waals surface area contributed by atoms with E-state index in [1.165, 1.54) is 5.01 Å². The molecule has 0 saturated heterocycles. The lowest BCUT2D eigenvalue weighted by Crippen LogP contribution is -2.38. The molecule has 0 fully saturated rings. The number of aryl methyl sites for hydroxylation is 1. The van der Waals surface area contributed by atoms with E-state index in [0.717, 1.165) is 43.3 Å². The number of nitrogens with zero attached hydrogens (tertiary/aromatic N) is 2. The minimum absolute atomic E-state index is 0.541. The molecule has 0 unspecified atom stereocenters. The Morgan fingerprint density at radius 2 is 2.29 bits per heavy atom. The van der Waals surface area contributed by atoms with Gasteiger partial charge in [0.1, 0.15) is 12.3 Å². The molecule has 0 radical (unpaired) electrons. The van der Waals surface area contributed by atoms with Gasteiger partial charge < -0.3 is 15.1 Å². The molecule has 6 heteroatoms. The molecule has 0 aliphatic rings. The third kappa shape index (κ3) is 5.23. The highest BCUT2D eigenvalue weighted by Crippen LogP contribution is 2.10. The van der Waals surface area contributed by atoms with E-state index in [-0.39, 0.29) is 0 Å². The molecule has 0 aromatic carbocycles. The predicted molar refractivity (Wildman–Crippen MR) is 86.7 cm³/mol. The summed E-state index contributed by atoms with van der Waals surface area (Å²) in [6.07, 6.45) is 3.58. The molecule has 2 aromatic rings. The standard InChI is InChI=1S/C15H22N4OS/c1-3-14-19-12(11-21-14)7-8-17-15(16-4-2)18-10-13-6-5-9-20-13/h5-6,9,11H,3-4,7-8,10H2,1-2H3,(H2,16,17,18). The number of guanidine groups is 1. The first-order valence-corrected chi connectivity index (χ1v) is 8.17. The van der Waals surface area contributed by atoms with E-state index in [1.807, 2.05) is 12.1 Å². The van der Waals surface area contributed by atoms with Crippen molar-refractivity contribution in [2.45, 2.75) is 33.2 Å². The van der Waals surface area contributed by atoms with Gasteiger partial charge in [-0.05, 0) is 25.5 Å². The molecule has 0 aliphatic carbocycles. The smallest absolute Gasteiger partial charge is 0.191 e. The minimum Gasteiger partial charge on any atom is -0.467 e. The third-order valence-electron chi connectivity index (χ3n) is 2.89. The van der Waals surface area contributed by atoms with Crippen LogP contribution in [0.15, 0.2) is 33.2 Å². The van der Waals surface area contributed by atoms with Gasteiger partial charge in [-0.25, -0.2) is 9.98 Å². The van der Waals surface area contributed by atoms with Crippen LogP contribution in [0, 0.1) is 0 Å². The third-order valence-corrected chi connectivity index (χ3v) is 3.93. The van der Waals surface area contributed by atoms with Gasteiger partial charge in [-0.1, -0.05) is 6.92 Å². The molecule has 0 aliphatic heterocycles. The van der Waals surface area contributed by atoms with E-state index in [0.29, 0.717) is 6.54 Å². The molecular formula is C15H22N4OS. The number of nitrogens with one attached hydrogen (secondary N) is 2. The number of rotatable bonds is 7. The average Bonchev–Trinajstić information content (AvgIpc) is 3.16. The summed E-state index contributed by atoms with van der Waals surface area (Å²) in [6, 6.07) is 3.80. The van der Waals surface area contributed by atoms with Gasteiger partial charge in [0.05, 0.1) is 17.0 Å². The molecule has 2 N–H and O–H groups in total. The van der Waals surface area contributed by atoms with Gasteiger partial charge in [-0.15, -0.1) is 11.3 Å². The summed E-state index contributed by atoms with van der Waals surface area (Å²) in [5.41, 5.74) is 1.14. The second-order valence-electron chi connectivity index (χ2n) is 4.54. The minimum atomic E-state index is 0.541. The van der Waals surface area contributed by atoms with Crippen molar-refractivity contribution in [3.05, 3.63) is 40.2 Å². The van der Waals surface area contributed by atoms with Crippen LogP contribution in [-0.4, -0.2) is 24.0 Å². The van der Waals surface area contributed by atoms with Crippen molar-refractivity contribution in [2.75, 3.05) is 13.1 Å². The summed E-state index contributed by atoms with van der Waals surface area (Å²) >= 11 is 1.73. The summed E-state index contributed by atoms with van der Waals surface area (Å²) in [4.78, 5) is 9.05. The zero-order valence-electron chi connectivity index (χ0n) is 12.6. The van der Waals surface area contributed by atoms with Crippen molar-refractivity contribution in [1.82, 2.24) is 15.6 Å². The van der Waals surface area contributed by atoms with Crippen molar-refractivity contribution < 1.29 is 4.42 Å². The largest absolute Gasteiger partial charge is 0.467 e. The number of aliphatic imine (C=N–C) groups is 1. The highest BCUT2D eigenvalue weighted by atomic mass is 32.1. The Morgan fingerprint density at radius 1 is 1.38 bits per heavy atom. The van der Waals surface area contributed by atoms with Gasteiger partial charge >= 0.3 is 0 Å². The van der Waals surface area contributed by atoms with Crippen molar-refractivity contribution in [2.24, 2.45) is 4.99 Å². The molecule has 0 spiro atoms. The number of aromatic nitrogens is 1. The van der Waals surface area contributed by atoms with Crippen molar-refractivity contribution >= 4 is 17.3 Å². The fourth-order valence-corrected chi connectivity index (χ4v) is 2.62. The lowest BCUT2D eigenvalue weighted by molar-refractivity contribution is 0.512. The van der Waals surface area contributed by atoms with Crippen LogP contribution in [0.2, 0.25) is 0 Å². The summed E-state index contributed by atoms with van der Waals surface area (Å²) in [6.45, 7) is 6.38. The molecule has 2 rings (SSSR count). The van der Waals surface area contributed by atoms with E-state index in [4.69, 9.17) is 4.42 Å². The zero-order chi connectivity index (χ0) is 14.9. The molecule has 0 atom stereocenters. The Balaban J connectivity index is 1.80. The summed E-state index contributed by atoms with van der Waals surface area (Å²) in [5.74, 6) is 1.67. The zero-order valence-corrected chi connectivity index (χ0v) is 13.4. The lowest BCUT2D eigenvalue weighted by Gasteiger charge is -2.10. The Hall–Kier alpha value is -1.82. The number of hydrogen-bond acceptors (Lipinski definition) is 4. The second-order valence-corrected chi connectivity index (χ2v) is 5.48. The summed E-state index contributed by atoms with van der Waals surface area (Å²) < 4.78 is 5.28. The van der Waals surface area contributed by atoms with E-state index in [9.17, 15) is 0 Å². The molecule has 114 valence electrons. The number of hydrogen-bond donors (Lipinski definition) is 2.